The molecule has 1 unspecified atom stereocenters. The summed E-state index contributed by atoms with van der Waals surface area (Å²) >= 11 is 0. The summed E-state index contributed by atoms with van der Waals surface area (Å²) in [6.45, 7) is 4.03. The van der Waals surface area contributed by atoms with Gasteiger partial charge in [-0.15, -0.1) is 0 Å². The Morgan fingerprint density at radius 1 is 1.09 bits per heavy atom. The molecule has 1 heterocycles. The van der Waals surface area contributed by atoms with Crippen LogP contribution in [0.15, 0.2) is 59.2 Å². The van der Waals surface area contributed by atoms with Gasteiger partial charge in [-0.2, -0.15) is 13.2 Å². The van der Waals surface area contributed by atoms with Crippen molar-refractivity contribution in [1.29, 1.82) is 0 Å². The van der Waals surface area contributed by atoms with Crippen molar-refractivity contribution in [3.63, 3.8) is 0 Å². The van der Waals surface area contributed by atoms with Crippen LogP contribution in [0, 0.1) is 5.82 Å². The first-order valence-corrected chi connectivity index (χ1v) is 10.5. The largest absolute Gasteiger partial charge is 0.447 e. The summed E-state index contributed by atoms with van der Waals surface area (Å²) in [5.74, 6) is -0.597. The van der Waals surface area contributed by atoms with Gasteiger partial charge < -0.3 is 9.73 Å². The Balaban J connectivity index is 1.83. The Morgan fingerprint density at radius 2 is 1.79 bits per heavy atom. The molecule has 1 atom stereocenters. The number of benzene rings is 2. The summed E-state index contributed by atoms with van der Waals surface area (Å²) in [6.07, 6.45) is -2.52. The Kier molecular flexibility index (Phi) is 7.86. The van der Waals surface area contributed by atoms with Crippen LogP contribution in [-0.2, 0) is 25.8 Å². The molecular weight excluding hydrogens is 438 g/mol. The van der Waals surface area contributed by atoms with E-state index in [1.54, 1.807) is 23.1 Å². The lowest BCUT2D eigenvalue weighted by molar-refractivity contribution is -0.138. The zero-order valence-corrected chi connectivity index (χ0v) is 18.3. The van der Waals surface area contributed by atoms with E-state index in [1.807, 2.05) is 13.8 Å². The Morgan fingerprint density at radius 3 is 2.45 bits per heavy atom. The number of hydrogen-bond donors (Lipinski definition) is 1. The number of alkyl halides is 3. The van der Waals surface area contributed by atoms with Crippen LogP contribution >= 0.6 is 0 Å². The summed E-state index contributed by atoms with van der Waals surface area (Å²) < 4.78 is 59.2. The van der Waals surface area contributed by atoms with Crippen LogP contribution < -0.4 is 5.32 Å². The minimum absolute atomic E-state index is 0.0357. The number of amides is 1. The van der Waals surface area contributed by atoms with Gasteiger partial charge in [-0.05, 0) is 42.7 Å². The number of nitrogens with one attached hydrogen (secondary N) is 1. The van der Waals surface area contributed by atoms with Crippen LogP contribution in [0.3, 0.4) is 0 Å². The molecule has 0 aliphatic heterocycles. The van der Waals surface area contributed by atoms with Crippen molar-refractivity contribution >= 4 is 5.91 Å². The summed E-state index contributed by atoms with van der Waals surface area (Å²) in [6, 6.07) is 11.0. The molecule has 3 rings (SSSR count). The third kappa shape index (κ3) is 6.89. The molecule has 3 aromatic rings. The van der Waals surface area contributed by atoms with Gasteiger partial charge in [0.2, 0.25) is 5.89 Å². The zero-order chi connectivity index (χ0) is 24.0. The number of oxazole rings is 1. The molecular formula is C24H25F4N3O2. The molecule has 0 radical (unpaired) electrons. The second kappa shape index (κ2) is 10.6. The predicted octanol–water partition coefficient (Wildman–Crippen LogP) is 5.56. The van der Waals surface area contributed by atoms with Crippen LogP contribution in [0.2, 0.25) is 0 Å². The zero-order valence-electron chi connectivity index (χ0n) is 18.3. The van der Waals surface area contributed by atoms with Gasteiger partial charge in [-0.25, -0.2) is 9.37 Å². The van der Waals surface area contributed by atoms with Crippen molar-refractivity contribution in [3.8, 4) is 0 Å². The lowest BCUT2D eigenvalue weighted by atomic mass is 10.1. The second-order valence-electron chi connectivity index (χ2n) is 7.84. The first-order valence-electron chi connectivity index (χ1n) is 10.5. The van der Waals surface area contributed by atoms with Gasteiger partial charge in [0.1, 0.15) is 12.1 Å². The fraction of sp³-hybridized carbons (Fsp3) is 0.333. The van der Waals surface area contributed by atoms with Crippen molar-refractivity contribution in [1.82, 2.24) is 15.2 Å². The number of aromatic nitrogens is 1. The number of halogens is 4. The first kappa shape index (κ1) is 24.4. The number of carbonyl (C=O) groups is 1. The normalized spacial score (nSPS) is 12.7. The van der Waals surface area contributed by atoms with E-state index in [1.165, 1.54) is 30.5 Å². The van der Waals surface area contributed by atoms with E-state index in [-0.39, 0.29) is 48.7 Å². The van der Waals surface area contributed by atoms with Gasteiger partial charge in [0.15, 0.2) is 5.69 Å². The lowest BCUT2D eigenvalue weighted by Crippen LogP contribution is -2.32. The highest BCUT2D eigenvalue weighted by Crippen LogP contribution is 2.32. The van der Waals surface area contributed by atoms with Crippen molar-refractivity contribution in [3.05, 3.63) is 88.9 Å². The van der Waals surface area contributed by atoms with Gasteiger partial charge in [-0.1, -0.05) is 37.3 Å². The standard InChI is InChI=1S/C24H25F4N3O2/c1-3-16(2)29-23(32)21-15-33-22(30-21)14-31(12-17-8-10-19(25)11-9-17)13-18-6-4-5-7-20(18)24(26,27)28/h4-11,15-16H,3,12-14H2,1-2H3,(H,29,32). The molecule has 1 amide bonds. The van der Waals surface area contributed by atoms with E-state index in [0.29, 0.717) is 5.56 Å². The highest BCUT2D eigenvalue weighted by atomic mass is 19.4. The monoisotopic (exact) mass is 463 g/mol. The van der Waals surface area contributed by atoms with Gasteiger partial charge in [0.05, 0.1) is 12.1 Å². The highest BCUT2D eigenvalue weighted by molar-refractivity contribution is 5.92. The van der Waals surface area contributed by atoms with E-state index in [9.17, 15) is 22.4 Å². The minimum Gasteiger partial charge on any atom is -0.447 e. The Labute approximate surface area is 189 Å². The average molecular weight is 463 g/mol. The molecule has 0 spiro atoms. The van der Waals surface area contributed by atoms with Crippen LogP contribution in [0.5, 0.6) is 0 Å². The van der Waals surface area contributed by atoms with Crippen LogP contribution in [0.1, 0.15) is 53.3 Å². The third-order valence-corrected chi connectivity index (χ3v) is 5.17. The lowest BCUT2D eigenvalue weighted by Gasteiger charge is -2.23. The maximum atomic E-state index is 13.5. The molecule has 0 fully saturated rings. The summed E-state index contributed by atoms with van der Waals surface area (Å²) in [4.78, 5) is 18.2. The van der Waals surface area contributed by atoms with E-state index in [2.05, 4.69) is 10.3 Å². The summed E-state index contributed by atoms with van der Waals surface area (Å²) in [7, 11) is 0. The quantitative estimate of drug-likeness (QED) is 0.422. The fourth-order valence-corrected chi connectivity index (χ4v) is 3.27. The molecule has 0 bridgehead atoms. The number of carbonyl (C=O) groups excluding carboxylic acids is 1. The fourth-order valence-electron chi connectivity index (χ4n) is 3.27. The predicted molar refractivity (Wildman–Crippen MR) is 115 cm³/mol. The topological polar surface area (TPSA) is 58.4 Å². The van der Waals surface area contributed by atoms with Crippen molar-refractivity contribution < 1.29 is 26.8 Å². The summed E-state index contributed by atoms with van der Waals surface area (Å²) in [5, 5.41) is 2.79. The summed E-state index contributed by atoms with van der Waals surface area (Å²) in [5.41, 5.74) is 0.174. The Hall–Kier alpha value is -3.20. The van der Waals surface area contributed by atoms with Gasteiger partial charge in [0.25, 0.3) is 5.91 Å². The molecule has 0 aliphatic carbocycles. The van der Waals surface area contributed by atoms with Gasteiger partial charge in [-0.3, -0.25) is 9.69 Å². The van der Waals surface area contributed by atoms with Crippen LogP contribution in [0.25, 0.3) is 0 Å². The van der Waals surface area contributed by atoms with Crippen molar-refractivity contribution in [2.24, 2.45) is 0 Å². The molecule has 2 aromatic carbocycles. The number of rotatable bonds is 9. The molecule has 1 N–H and O–H groups in total. The smallest absolute Gasteiger partial charge is 0.416 e. The average Bonchev–Trinajstić information content (AvgIpc) is 3.23. The van der Waals surface area contributed by atoms with Crippen molar-refractivity contribution in [2.45, 2.75) is 52.1 Å². The molecule has 176 valence electrons. The van der Waals surface area contributed by atoms with Crippen LogP contribution in [-0.4, -0.2) is 21.8 Å². The molecule has 0 saturated carbocycles. The number of hydrogen-bond acceptors (Lipinski definition) is 4. The molecule has 0 saturated heterocycles. The maximum Gasteiger partial charge on any atom is 0.416 e. The molecule has 33 heavy (non-hydrogen) atoms. The van der Waals surface area contributed by atoms with E-state index < -0.39 is 17.6 Å². The van der Waals surface area contributed by atoms with E-state index >= 15 is 0 Å². The van der Waals surface area contributed by atoms with Gasteiger partial charge >= 0.3 is 6.18 Å². The maximum absolute atomic E-state index is 13.5. The third-order valence-electron chi connectivity index (χ3n) is 5.17. The molecule has 1 aromatic heterocycles. The van der Waals surface area contributed by atoms with E-state index in [0.717, 1.165) is 12.5 Å². The Bertz CT molecular complexity index is 1060. The van der Waals surface area contributed by atoms with Crippen molar-refractivity contribution in [2.75, 3.05) is 0 Å². The molecule has 5 nitrogen and oxygen atoms in total. The number of nitrogens with zero attached hydrogens (tertiary/aromatic N) is 2. The SMILES string of the molecule is CCC(C)NC(=O)c1coc(CN(Cc2ccc(F)cc2)Cc2ccccc2C(F)(F)F)n1. The minimum atomic E-state index is -4.50. The van der Waals surface area contributed by atoms with Gasteiger partial charge in [0, 0.05) is 19.1 Å². The first-order chi connectivity index (χ1) is 15.7. The van der Waals surface area contributed by atoms with Crippen LogP contribution in [0.4, 0.5) is 17.6 Å². The molecule has 9 heteroatoms. The molecule has 0 aliphatic rings. The second-order valence-corrected chi connectivity index (χ2v) is 7.84. The highest BCUT2D eigenvalue weighted by Gasteiger charge is 2.33. The van der Waals surface area contributed by atoms with E-state index in [4.69, 9.17) is 4.42 Å².